The van der Waals surface area contributed by atoms with Crippen LogP contribution in [0.5, 0.6) is 5.75 Å². The molecule has 2 nitrogen and oxygen atoms in total. The first-order valence-corrected chi connectivity index (χ1v) is 6.97. The van der Waals surface area contributed by atoms with Gasteiger partial charge in [0.05, 0.1) is 7.11 Å². The monoisotopic (exact) mass is 269 g/mol. The van der Waals surface area contributed by atoms with E-state index in [2.05, 4.69) is 50.2 Å². The predicted octanol–water partition coefficient (Wildman–Crippen LogP) is 3.46. The van der Waals surface area contributed by atoms with E-state index in [1.807, 2.05) is 12.1 Å². The van der Waals surface area contributed by atoms with Crippen molar-refractivity contribution in [3.05, 3.63) is 65.2 Å². The van der Waals surface area contributed by atoms with Crippen molar-refractivity contribution in [1.29, 1.82) is 0 Å². The lowest BCUT2D eigenvalue weighted by Gasteiger charge is -2.29. The lowest BCUT2D eigenvalue weighted by Crippen LogP contribution is -2.34. The highest BCUT2D eigenvalue weighted by Crippen LogP contribution is 2.28. The van der Waals surface area contributed by atoms with Gasteiger partial charge in [-0.15, -0.1) is 0 Å². The number of methoxy groups -OCH3 is 1. The van der Waals surface area contributed by atoms with Gasteiger partial charge in [-0.2, -0.15) is 0 Å². The molecular weight excluding hydrogens is 246 g/mol. The SMILES string of the molecule is COc1cccc(CC(C)(CN)c2ccc(C)cc2)c1. The summed E-state index contributed by atoms with van der Waals surface area (Å²) in [4.78, 5) is 0. The Morgan fingerprint density at radius 3 is 2.40 bits per heavy atom. The summed E-state index contributed by atoms with van der Waals surface area (Å²) in [5.41, 5.74) is 9.82. The first-order valence-electron chi connectivity index (χ1n) is 6.97. The average Bonchev–Trinajstić information content (AvgIpc) is 2.48. The second-order valence-electron chi connectivity index (χ2n) is 5.66. The van der Waals surface area contributed by atoms with Gasteiger partial charge in [-0.05, 0) is 36.6 Å². The molecular formula is C18H23NO. The number of benzene rings is 2. The standard InChI is InChI=1S/C18H23NO/c1-14-7-9-16(10-8-14)18(2,13-19)12-15-5-4-6-17(11-15)20-3/h4-11H,12-13,19H2,1-3H3. The van der Waals surface area contributed by atoms with Crippen molar-refractivity contribution >= 4 is 0 Å². The van der Waals surface area contributed by atoms with Crippen LogP contribution in [0.3, 0.4) is 0 Å². The van der Waals surface area contributed by atoms with Gasteiger partial charge in [-0.25, -0.2) is 0 Å². The van der Waals surface area contributed by atoms with Gasteiger partial charge in [-0.1, -0.05) is 48.9 Å². The number of hydrogen-bond donors (Lipinski definition) is 1. The van der Waals surface area contributed by atoms with E-state index < -0.39 is 0 Å². The van der Waals surface area contributed by atoms with Crippen molar-refractivity contribution in [2.75, 3.05) is 13.7 Å². The molecule has 20 heavy (non-hydrogen) atoms. The topological polar surface area (TPSA) is 35.2 Å². The predicted molar refractivity (Wildman–Crippen MR) is 84.3 cm³/mol. The Labute approximate surface area is 121 Å². The Hall–Kier alpha value is -1.80. The molecule has 0 radical (unpaired) electrons. The van der Waals surface area contributed by atoms with E-state index in [4.69, 9.17) is 10.5 Å². The van der Waals surface area contributed by atoms with Gasteiger partial charge in [-0.3, -0.25) is 0 Å². The molecule has 1 unspecified atom stereocenters. The van der Waals surface area contributed by atoms with E-state index in [0.717, 1.165) is 12.2 Å². The van der Waals surface area contributed by atoms with Crippen molar-refractivity contribution in [1.82, 2.24) is 0 Å². The molecule has 0 saturated carbocycles. The van der Waals surface area contributed by atoms with Gasteiger partial charge in [0.25, 0.3) is 0 Å². The molecule has 2 aromatic rings. The van der Waals surface area contributed by atoms with Crippen LogP contribution < -0.4 is 10.5 Å². The summed E-state index contributed by atoms with van der Waals surface area (Å²) in [6.07, 6.45) is 0.907. The van der Waals surface area contributed by atoms with Crippen LogP contribution in [-0.4, -0.2) is 13.7 Å². The Morgan fingerprint density at radius 1 is 1.10 bits per heavy atom. The second-order valence-corrected chi connectivity index (χ2v) is 5.66. The van der Waals surface area contributed by atoms with Crippen LogP contribution in [0, 0.1) is 6.92 Å². The minimum absolute atomic E-state index is 0.0555. The largest absolute Gasteiger partial charge is 0.497 e. The molecule has 0 aromatic heterocycles. The highest BCUT2D eigenvalue weighted by atomic mass is 16.5. The molecule has 0 aliphatic carbocycles. The highest BCUT2D eigenvalue weighted by Gasteiger charge is 2.25. The van der Waals surface area contributed by atoms with Crippen molar-refractivity contribution < 1.29 is 4.74 Å². The molecule has 2 heteroatoms. The van der Waals surface area contributed by atoms with Crippen LogP contribution >= 0.6 is 0 Å². The van der Waals surface area contributed by atoms with Gasteiger partial charge >= 0.3 is 0 Å². The molecule has 0 spiro atoms. The molecule has 0 fully saturated rings. The molecule has 2 aromatic carbocycles. The van der Waals surface area contributed by atoms with E-state index in [-0.39, 0.29) is 5.41 Å². The molecule has 2 N–H and O–H groups in total. The maximum Gasteiger partial charge on any atom is 0.119 e. The zero-order chi connectivity index (χ0) is 14.6. The molecule has 0 aliphatic rings. The summed E-state index contributed by atoms with van der Waals surface area (Å²) in [7, 11) is 1.70. The van der Waals surface area contributed by atoms with Crippen LogP contribution in [0.1, 0.15) is 23.6 Å². The Kier molecular flexibility index (Phi) is 4.46. The first kappa shape index (κ1) is 14.6. The van der Waals surface area contributed by atoms with Crippen molar-refractivity contribution in [2.24, 2.45) is 5.73 Å². The number of ether oxygens (including phenoxy) is 1. The molecule has 0 saturated heterocycles. The summed E-state index contributed by atoms with van der Waals surface area (Å²) in [5.74, 6) is 0.894. The third-order valence-corrected chi connectivity index (χ3v) is 3.93. The van der Waals surface area contributed by atoms with E-state index in [9.17, 15) is 0 Å². The lowest BCUT2D eigenvalue weighted by atomic mass is 9.77. The fourth-order valence-electron chi connectivity index (χ4n) is 2.48. The van der Waals surface area contributed by atoms with Gasteiger partial charge in [0.2, 0.25) is 0 Å². The summed E-state index contributed by atoms with van der Waals surface area (Å²) in [5, 5.41) is 0. The van der Waals surface area contributed by atoms with Crippen LogP contribution in [0.2, 0.25) is 0 Å². The highest BCUT2D eigenvalue weighted by molar-refractivity contribution is 5.34. The maximum absolute atomic E-state index is 6.06. The third kappa shape index (κ3) is 3.20. The fraction of sp³-hybridized carbons (Fsp3) is 0.333. The van der Waals surface area contributed by atoms with Crippen LogP contribution in [0.25, 0.3) is 0 Å². The quantitative estimate of drug-likeness (QED) is 0.902. The van der Waals surface area contributed by atoms with Gasteiger partial charge in [0, 0.05) is 12.0 Å². The fourth-order valence-corrected chi connectivity index (χ4v) is 2.48. The minimum atomic E-state index is -0.0555. The Morgan fingerprint density at radius 2 is 1.80 bits per heavy atom. The second kappa shape index (κ2) is 6.10. The van der Waals surface area contributed by atoms with Crippen molar-refractivity contribution in [3.8, 4) is 5.75 Å². The van der Waals surface area contributed by atoms with E-state index >= 15 is 0 Å². The van der Waals surface area contributed by atoms with Crippen LogP contribution in [0.15, 0.2) is 48.5 Å². The normalized spacial score (nSPS) is 13.8. The van der Waals surface area contributed by atoms with Crippen molar-refractivity contribution in [2.45, 2.75) is 25.7 Å². The van der Waals surface area contributed by atoms with Crippen LogP contribution in [0.4, 0.5) is 0 Å². The molecule has 1 atom stereocenters. The molecule has 0 heterocycles. The Balaban J connectivity index is 2.28. The number of nitrogens with two attached hydrogens (primary N) is 1. The molecule has 0 aliphatic heterocycles. The third-order valence-electron chi connectivity index (χ3n) is 3.93. The maximum atomic E-state index is 6.06. The summed E-state index contributed by atoms with van der Waals surface area (Å²) < 4.78 is 5.29. The lowest BCUT2D eigenvalue weighted by molar-refractivity contribution is 0.413. The van der Waals surface area contributed by atoms with Crippen molar-refractivity contribution in [3.63, 3.8) is 0 Å². The summed E-state index contributed by atoms with van der Waals surface area (Å²) in [6.45, 7) is 4.94. The summed E-state index contributed by atoms with van der Waals surface area (Å²) in [6, 6.07) is 16.9. The zero-order valence-corrected chi connectivity index (χ0v) is 12.5. The van der Waals surface area contributed by atoms with Gasteiger partial charge in [0.1, 0.15) is 5.75 Å². The van der Waals surface area contributed by atoms with E-state index in [0.29, 0.717) is 6.54 Å². The van der Waals surface area contributed by atoms with Crippen LogP contribution in [-0.2, 0) is 11.8 Å². The number of hydrogen-bond acceptors (Lipinski definition) is 2. The van der Waals surface area contributed by atoms with E-state index in [1.54, 1.807) is 7.11 Å². The number of aryl methyl sites for hydroxylation is 1. The average molecular weight is 269 g/mol. The number of rotatable bonds is 5. The van der Waals surface area contributed by atoms with Gasteiger partial charge < -0.3 is 10.5 Å². The minimum Gasteiger partial charge on any atom is -0.497 e. The molecule has 0 amide bonds. The Bertz CT molecular complexity index is 562. The zero-order valence-electron chi connectivity index (χ0n) is 12.5. The van der Waals surface area contributed by atoms with Gasteiger partial charge in [0.15, 0.2) is 0 Å². The smallest absolute Gasteiger partial charge is 0.119 e. The molecule has 2 rings (SSSR count). The summed E-state index contributed by atoms with van der Waals surface area (Å²) >= 11 is 0. The first-order chi connectivity index (χ1) is 9.57. The van der Waals surface area contributed by atoms with E-state index in [1.165, 1.54) is 16.7 Å². The molecule has 0 bridgehead atoms. The molecule has 106 valence electrons.